The second kappa shape index (κ2) is 11.6. The third-order valence-electron chi connectivity index (χ3n) is 8.64. The van der Waals surface area contributed by atoms with Crippen LogP contribution in [0.3, 0.4) is 0 Å². The predicted octanol–water partition coefficient (Wildman–Crippen LogP) is 6.45. The highest BCUT2D eigenvalue weighted by Gasteiger charge is 2.42. The Bertz CT molecular complexity index is 1660. The van der Waals surface area contributed by atoms with E-state index in [4.69, 9.17) is 31.3 Å². The fourth-order valence-corrected chi connectivity index (χ4v) is 7.52. The molecule has 12 heteroatoms. The summed E-state index contributed by atoms with van der Waals surface area (Å²) in [7, 11) is 2.69. The lowest BCUT2D eigenvalue weighted by molar-refractivity contribution is 0.0899. The third-order valence-corrected chi connectivity index (χ3v) is 10.7. The van der Waals surface area contributed by atoms with E-state index in [0.29, 0.717) is 18.4 Å². The number of nitrogens with zero attached hydrogens (tertiary/aromatic N) is 6. The summed E-state index contributed by atoms with van der Waals surface area (Å²) in [6.07, 6.45) is 6.51. The molecule has 0 radical (unpaired) electrons. The second-order valence-electron chi connectivity index (χ2n) is 13.2. The molecule has 2 bridgehead atoms. The topological polar surface area (TPSA) is 109 Å². The van der Waals surface area contributed by atoms with Gasteiger partial charge in [0.1, 0.15) is 23.9 Å². The number of aromatic nitrogens is 4. The molecule has 1 aromatic carbocycles. The molecule has 228 valence electrons. The number of carbonyl (C=O) groups is 1. The minimum atomic E-state index is -1.24. The highest BCUT2D eigenvalue weighted by molar-refractivity contribution is 6.76. The maximum absolute atomic E-state index is 11.3. The molecule has 4 aromatic rings. The third kappa shape index (κ3) is 6.03. The van der Waals surface area contributed by atoms with Gasteiger partial charge in [0, 0.05) is 69.6 Å². The molecule has 43 heavy (non-hydrogen) atoms. The van der Waals surface area contributed by atoms with Crippen LogP contribution in [-0.2, 0) is 11.5 Å². The van der Waals surface area contributed by atoms with Crippen molar-refractivity contribution in [2.75, 3.05) is 30.5 Å². The fraction of sp³-hybridized carbons (Fsp3) is 0.484. The number of nitrogens with one attached hydrogen (secondary N) is 1. The Balaban J connectivity index is 1.39. The van der Waals surface area contributed by atoms with Crippen LogP contribution >= 0.6 is 11.6 Å². The maximum Gasteiger partial charge on any atom is 0.404 e. The highest BCUT2D eigenvalue weighted by Crippen LogP contribution is 2.41. The summed E-state index contributed by atoms with van der Waals surface area (Å²) in [5, 5.41) is 13.5. The summed E-state index contributed by atoms with van der Waals surface area (Å²) in [6, 6.07) is 9.61. The van der Waals surface area contributed by atoms with Crippen LogP contribution in [0.1, 0.15) is 25.7 Å². The average molecular weight is 622 g/mol. The van der Waals surface area contributed by atoms with E-state index in [0.717, 1.165) is 76.6 Å². The second-order valence-corrected chi connectivity index (χ2v) is 19.2. The average Bonchev–Trinajstić information content (AvgIpc) is 3.43. The molecule has 2 aliphatic heterocycles. The van der Waals surface area contributed by atoms with Gasteiger partial charge in [-0.1, -0.05) is 43.4 Å². The molecule has 2 N–H and O–H groups in total. The van der Waals surface area contributed by atoms with E-state index in [-0.39, 0.29) is 18.1 Å². The van der Waals surface area contributed by atoms with Crippen LogP contribution in [0.4, 0.5) is 16.4 Å². The predicted molar refractivity (Wildman–Crippen MR) is 175 cm³/mol. The van der Waals surface area contributed by atoms with E-state index in [1.54, 1.807) is 0 Å². The van der Waals surface area contributed by atoms with Crippen LogP contribution in [0.2, 0.25) is 30.7 Å². The van der Waals surface area contributed by atoms with Crippen LogP contribution in [-0.4, -0.2) is 77.6 Å². The molecule has 0 unspecified atom stereocenters. The van der Waals surface area contributed by atoms with Gasteiger partial charge in [0.05, 0.1) is 16.7 Å². The standard InChI is InChI=1S/C31H40ClN7O3Si/c1-37(2)25-11-7-19-6-10-23(27(32)28(19)35-25)24-17-38(18-42-12-13-43(3,4)5)30-29(24)33-16-26(36-30)39-21-8-9-22(39)15-20(14-21)34-31(40)41/h6-7,10-11,16-17,20-22,34H,8-9,12-15,18H2,1-5H3,(H,40,41)/t20-,21+,22-. The molecule has 0 spiro atoms. The molecule has 1 amide bonds. The molecular weight excluding hydrogens is 582 g/mol. The number of piperidine rings is 1. The van der Waals surface area contributed by atoms with E-state index in [1.807, 2.05) is 60.2 Å². The number of benzene rings is 1. The molecule has 0 aliphatic carbocycles. The van der Waals surface area contributed by atoms with E-state index < -0.39 is 14.2 Å². The molecular formula is C31H40ClN7O3Si. The van der Waals surface area contributed by atoms with Gasteiger partial charge in [-0.2, -0.15) is 0 Å². The molecule has 2 fully saturated rings. The molecule has 6 rings (SSSR count). The Morgan fingerprint density at radius 2 is 1.81 bits per heavy atom. The normalized spacial score (nSPS) is 20.2. The first-order valence-corrected chi connectivity index (χ1v) is 19.1. The highest BCUT2D eigenvalue weighted by atomic mass is 35.5. The van der Waals surface area contributed by atoms with Crippen LogP contribution in [0.25, 0.3) is 33.2 Å². The van der Waals surface area contributed by atoms with Crippen molar-refractivity contribution in [1.29, 1.82) is 0 Å². The van der Waals surface area contributed by atoms with Crippen molar-refractivity contribution in [3.63, 3.8) is 0 Å². The first kappa shape index (κ1) is 29.6. The van der Waals surface area contributed by atoms with Gasteiger partial charge < -0.3 is 29.5 Å². The van der Waals surface area contributed by atoms with Gasteiger partial charge in [-0.15, -0.1) is 0 Å². The summed E-state index contributed by atoms with van der Waals surface area (Å²) in [5.41, 5.74) is 4.00. The maximum atomic E-state index is 11.3. The summed E-state index contributed by atoms with van der Waals surface area (Å²) < 4.78 is 8.23. The summed E-state index contributed by atoms with van der Waals surface area (Å²) >= 11 is 7.07. The molecule has 3 atom stereocenters. The zero-order valence-electron chi connectivity index (χ0n) is 25.5. The zero-order chi connectivity index (χ0) is 30.5. The van der Waals surface area contributed by atoms with Gasteiger partial charge in [0.15, 0.2) is 5.65 Å². The van der Waals surface area contributed by atoms with Gasteiger partial charge in [-0.3, -0.25) is 0 Å². The SMILES string of the molecule is CN(C)c1ccc2ccc(-c3cn(COCC[Si](C)(C)C)c4nc(N5[C@@H]6CC[C@H]5C[C@@H](NC(=O)O)C6)cnc34)c(Cl)c2n1. The van der Waals surface area contributed by atoms with Crippen molar-refractivity contribution < 1.29 is 14.6 Å². The number of anilines is 2. The molecule has 2 saturated heterocycles. The largest absolute Gasteiger partial charge is 0.465 e. The fourth-order valence-electron chi connectivity index (χ4n) is 6.44. The number of carboxylic acid groups (broad SMARTS) is 1. The van der Waals surface area contributed by atoms with Gasteiger partial charge in [-0.05, 0) is 43.9 Å². The number of hydrogen-bond acceptors (Lipinski definition) is 7. The molecule has 10 nitrogen and oxygen atoms in total. The van der Waals surface area contributed by atoms with E-state index >= 15 is 0 Å². The van der Waals surface area contributed by atoms with E-state index in [1.165, 1.54) is 0 Å². The Hall–Kier alpha value is -3.41. The lowest BCUT2D eigenvalue weighted by Crippen LogP contribution is -2.50. The van der Waals surface area contributed by atoms with Gasteiger partial charge in [0.2, 0.25) is 0 Å². The minimum absolute atomic E-state index is 0.0326. The van der Waals surface area contributed by atoms with Crippen molar-refractivity contribution in [3.05, 3.63) is 41.7 Å². The number of pyridine rings is 1. The number of hydrogen-bond donors (Lipinski definition) is 2. The van der Waals surface area contributed by atoms with Gasteiger partial charge in [-0.25, -0.2) is 19.7 Å². The zero-order valence-corrected chi connectivity index (χ0v) is 27.2. The van der Waals surface area contributed by atoms with Gasteiger partial charge >= 0.3 is 6.09 Å². The molecule has 3 aromatic heterocycles. The number of halogens is 1. The van der Waals surface area contributed by atoms with Crippen molar-refractivity contribution in [1.82, 2.24) is 24.8 Å². The summed E-state index contributed by atoms with van der Waals surface area (Å²) in [4.78, 5) is 30.6. The van der Waals surface area contributed by atoms with Crippen LogP contribution in [0.15, 0.2) is 36.7 Å². The monoisotopic (exact) mass is 621 g/mol. The Morgan fingerprint density at radius 3 is 2.49 bits per heavy atom. The smallest absolute Gasteiger partial charge is 0.404 e. The molecule has 2 aliphatic rings. The van der Waals surface area contributed by atoms with Crippen LogP contribution in [0, 0.1) is 0 Å². The van der Waals surface area contributed by atoms with Crippen molar-refractivity contribution in [3.8, 4) is 11.1 Å². The van der Waals surface area contributed by atoms with E-state index in [2.05, 4.69) is 29.9 Å². The number of amides is 1. The van der Waals surface area contributed by atoms with Crippen LogP contribution in [0.5, 0.6) is 0 Å². The Kier molecular flexibility index (Phi) is 7.99. The Labute approximate surface area is 258 Å². The minimum Gasteiger partial charge on any atom is -0.465 e. The van der Waals surface area contributed by atoms with Crippen LogP contribution < -0.4 is 15.1 Å². The molecule has 5 heterocycles. The molecule has 0 saturated carbocycles. The Morgan fingerprint density at radius 1 is 1.09 bits per heavy atom. The first-order chi connectivity index (χ1) is 20.5. The summed E-state index contributed by atoms with van der Waals surface area (Å²) in [6.45, 7) is 8.10. The quantitative estimate of drug-likeness (QED) is 0.162. The lowest BCUT2D eigenvalue weighted by atomic mass is 9.97. The van der Waals surface area contributed by atoms with Crippen molar-refractivity contribution >= 4 is 59.5 Å². The number of ether oxygens (including phenoxy) is 1. The lowest BCUT2D eigenvalue weighted by Gasteiger charge is -2.39. The van der Waals surface area contributed by atoms with E-state index in [9.17, 15) is 9.90 Å². The van der Waals surface area contributed by atoms with Crippen molar-refractivity contribution in [2.24, 2.45) is 0 Å². The first-order valence-electron chi connectivity index (χ1n) is 15.0. The summed E-state index contributed by atoms with van der Waals surface area (Å²) in [5.74, 6) is 1.66. The van der Waals surface area contributed by atoms with Gasteiger partial charge in [0.25, 0.3) is 0 Å². The number of rotatable bonds is 9. The number of fused-ring (bicyclic) bond motifs is 4. The van der Waals surface area contributed by atoms with Crippen molar-refractivity contribution in [2.45, 2.75) is 76.2 Å².